The van der Waals surface area contributed by atoms with Crippen molar-refractivity contribution >= 4 is 5.97 Å². The number of carbonyl (C=O) groups is 1. The average molecular weight is 301 g/mol. The van der Waals surface area contributed by atoms with E-state index in [9.17, 15) is 22.4 Å². The molecule has 0 atom stereocenters. The van der Waals surface area contributed by atoms with E-state index in [4.69, 9.17) is 9.84 Å². The standard InChI is InChI=1S/C13H7F4NO3/c14-8-4-1-5-9(10(8)12(19)20)21-11-7(13(15,16)17)3-2-6-18-11/h1-6H,(H,19,20). The lowest BCUT2D eigenvalue weighted by Crippen LogP contribution is -2.09. The fraction of sp³-hybridized carbons (Fsp3) is 0.0769. The summed E-state index contributed by atoms with van der Waals surface area (Å²) in [4.78, 5) is 14.4. The largest absolute Gasteiger partial charge is 0.477 e. The molecule has 2 rings (SSSR count). The molecule has 1 N–H and O–H groups in total. The van der Waals surface area contributed by atoms with E-state index in [2.05, 4.69) is 4.98 Å². The molecule has 21 heavy (non-hydrogen) atoms. The Bertz CT molecular complexity index is 685. The van der Waals surface area contributed by atoms with Gasteiger partial charge in [0.2, 0.25) is 5.88 Å². The highest BCUT2D eigenvalue weighted by molar-refractivity contribution is 5.91. The predicted molar refractivity (Wildman–Crippen MR) is 62.7 cm³/mol. The zero-order chi connectivity index (χ0) is 15.6. The summed E-state index contributed by atoms with van der Waals surface area (Å²) in [6.45, 7) is 0. The van der Waals surface area contributed by atoms with Gasteiger partial charge in [-0.2, -0.15) is 13.2 Å². The van der Waals surface area contributed by atoms with E-state index in [1.165, 1.54) is 0 Å². The fourth-order valence-corrected chi connectivity index (χ4v) is 1.59. The van der Waals surface area contributed by atoms with Gasteiger partial charge in [-0.05, 0) is 24.3 Å². The van der Waals surface area contributed by atoms with Gasteiger partial charge in [-0.25, -0.2) is 14.2 Å². The maximum Gasteiger partial charge on any atom is 0.421 e. The number of aromatic carboxylic acids is 1. The molecule has 2 aromatic rings. The molecule has 0 radical (unpaired) electrons. The summed E-state index contributed by atoms with van der Waals surface area (Å²) in [5.41, 5.74) is -2.05. The van der Waals surface area contributed by atoms with Crippen LogP contribution < -0.4 is 4.74 Å². The minimum atomic E-state index is -4.74. The first kappa shape index (κ1) is 14.8. The lowest BCUT2D eigenvalue weighted by molar-refractivity contribution is -0.138. The Morgan fingerprint density at radius 2 is 1.90 bits per heavy atom. The zero-order valence-electron chi connectivity index (χ0n) is 10.2. The topological polar surface area (TPSA) is 59.4 Å². The number of alkyl halides is 3. The Kier molecular flexibility index (Phi) is 3.79. The first-order chi connectivity index (χ1) is 9.80. The van der Waals surface area contributed by atoms with E-state index in [1.807, 2.05) is 0 Å². The normalized spacial score (nSPS) is 11.2. The summed E-state index contributed by atoms with van der Waals surface area (Å²) >= 11 is 0. The van der Waals surface area contributed by atoms with Crippen molar-refractivity contribution in [1.82, 2.24) is 4.98 Å². The third kappa shape index (κ3) is 3.10. The van der Waals surface area contributed by atoms with E-state index in [-0.39, 0.29) is 0 Å². The smallest absolute Gasteiger partial charge is 0.421 e. The zero-order valence-corrected chi connectivity index (χ0v) is 10.2. The van der Waals surface area contributed by atoms with Crippen LogP contribution in [-0.2, 0) is 6.18 Å². The summed E-state index contributed by atoms with van der Waals surface area (Å²) in [6, 6.07) is 4.80. The fourth-order valence-electron chi connectivity index (χ4n) is 1.59. The molecule has 1 aromatic carbocycles. The van der Waals surface area contributed by atoms with Crippen LogP contribution in [0.25, 0.3) is 0 Å². The summed E-state index contributed by atoms with van der Waals surface area (Å²) in [5.74, 6) is -4.19. The number of nitrogens with zero attached hydrogens (tertiary/aromatic N) is 1. The molecule has 0 aliphatic rings. The minimum Gasteiger partial charge on any atom is -0.477 e. The number of hydrogen-bond acceptors (Lipinski definition) is 3. The molecule has 8 heteroatoms. The first-order valence-electron chi connectivity index (χ1n) is 5.52. The molecule has 0 unspecified atom stereocenters. The number of carboxylic acids is 1. The molecular formula is C13H7F4NO3. The number of hydrogen-bond donors (Lipinski definition) is 1. The number of carboxylic acid groups (broad SMARTS) is 1. The van der Waals surface area contributed by atoms with Crippen LogP contribution in [0.1, 0.15) is 15.9 Å². The molecule has 0 aliphatic heterocycles. The molecule has 0 fully saturated rings. The molecule has 110 valence electrons. The van der Waals surface area contributed by atoms with Gasteiger partial charge in [0.15, 0.2) is 0 Å². The van der Waals surface area contributed by atoms with Crippen LogP contribution >= 0.6 is 0 Å². The Hall–Kier alpha value is -2.64. The molecule has 4 nitrogen and oxygen atoms in total. The molecule has 1 aromatic heterocycles. The quantitative estimate of drug-likeness (QED) is 0.878. The molecule has 0 aliphatic carbocycles. The van der Waals surface area contributed by atoms with Crippen LogP contribution in [0, 0.1) is 5.82 Å². The molecule has 0 bridgehead atoms. The van der Waals surface area contributed by atoms with Crippen LogP contribution in [-0.4, -0.2) is 16.1 Å². The van der Waals surface area contributed by atoms with E-state index in [1.54, 1.807) is 0 Å². The van der Waals surface area contributed by atoms with Gasteiger partial charge in [0.25, 0.3) is 0 Å². The second-order valence-electron chi connectivity index (χ2n) is 3.87. The number of rotatable bonds is 3. The van der Waals surface area contributed by atoms with Gasteiger partial charge in [0.1, 0.15) is 22.7 Å². The van der Waals surface area contributed by atoms with E-state index in [0.29, 0.717) is 0 Å². The number of ether oxygens (including phenoxy) is 1. The summed E-state index contributed by atoms with van der Waals surface area (Å²) < 4.78 is 56.6. The van der Waals surface area contributed by atoms with Crippen molar-refractivity contribution in [3.63, 3.8) is 0 Å². The van der Waals surface area contributed by atoms with Crippen LogP contribution in [0.15, 0.2) is 36.5 Å². The summed E-state index contributed by atoms with van der Waals surface area (Å²) in [5, 5.41) is 8.89. The number of benzene rings is 1. The Balaban J connectivity index is 2.50. The van der Waals surface area contributed by atoms with Gasteiger partial charge in [-0.1, -0.05) is 6.07 Å². The third-order valence-electron chi connectivity index (χ3n) is 2.47. The van der Waals surface area contributed by atoms with E-state index < -0.39 is 40.7 Å². The number of pyridine rings is 1. The van der Waals surface area contributed by atoms with Crippen molar-refractivity contribution in [2.45, 2.75) is 6.18 Å². The highest BCUT2D eigenvalue weighted by Crippen LogP contribution is 2.37. The van der Waals surface area contributed by atoms with Crippen LogP contribution in [0.4, 0.5) is 17.6 Å². The molecule has 1 heterocycles. The van der Waals surface area contributed by atoms with Crippen molar-refractivity contribution in [2.75, 3.05) is 0 Å². The van der Waals surface area contributed by atoms with Gasteiger partial charge < -0.3 is 9.84 Å². The van der Waals surface area contributed by atoms with Crippen molar-refractivity contribution in [3.8, 4) is 11.6 Å². The Morgan fingerprint density at radius 3 is 2.52 bits per heavy atom. The second-order valence-corrected chi connectivity index (χ2v) is 3.87. The van der Waals surface area contributed by atoms with Gasteiger partial charge >= 0.3 is 12.1 Å². The van der Waals surface area contributed by atoms with Crippen molar-refractivity contribution in [3.05, 3.63) is 53.5 Å². The van der Waals surface area contributed by atoms with Crippen molar-refractivity contribution in [1.29, 1.82) is 0 Å². The maximum absolute atomic E-state index is 13.4. The second kappa shape index (κ2) is 5.39. The molecule has 0 saturated carbocycles. The lowest BCUT2D eigenvalue weighted by atomic mass is 10.2. The SMILES string of the molecule is O=C(O)c1c(F)cccc1Oc1ncccc1C(F)(F)F. The molecule has 0 saturated heterocycles. The molecule has 0 spiro atoms. The van der Waals surface area contributed by atoms with Gasteiger partial charge in [-0.15, -0.1) is 0 Å². The van der Waals surface area contributed by atoms with E-state index >= 15 is 0 Å². The average Bonchev–Trinajstić information content (AvgIpc) is 2.37. The maximum atomic E-state index is 13.4. The van der Waals surface area contributed by atoms with Crippen LogP contribution in [0.5, 0.6) is 11.6 Å². The number of aromatic nitrogens is 1. The van der Waals surface area contributed by atoms with E-state index in [0.717, 1.165) is 36.5 Å². The highest BCUT2D eigenvalue weighted by Gasteiger charge is 2.35. The first-order valence-corrected chi connectivity index (χ1v) is 5.52. The molecule has 0 amide bonds. The monoisotopic (exact) mass is 301 g/mol. The lowest BCUT2D eigenvalue weighted by Gasteiger charge is -2.13. The Labute approximate surface area is 115 Å². The third-order valence-corrected chi connectivity index (χ3v) is 2.47. The van der Waals surface area contributed by atoms with Gasteiger partial charge in [0, 0.05) is 6.20 Å². The predicted octanol–water partition coefficient (Wildman–Crippen LogP) is 3.73. The van der Waals surface area contributed by atoms with Crippen molar-refractivity contribution in [2.24, 2.45) is 0 Å². The molecular weight excluding hydrogens is 294 g/mol. The number of halogens is 4. The van der Waals surface area contributed by atoms with Gasteiger partial charge in [-0.3, -0.25) is 0 Å². The van der Waals surface area contributed by atoms with Crippen molar-refractivity contribution < 1.29 is 32.2 Å². The van der Waals surface area contributed by atoms with Gasteiger partial charge in [0.05, 0.1) is 0 Å². The minimum absolute atomic E-state index is 0.563. The van der Waals surface area contributed by atoms with Crippen LogP contribution in [0.2, 0.25) is 0 Å². The summed E-state index contributed by atoms with van der Waals surface area (Å²) in [6.07, 6.45) is -3.69. The van der Waals surface area contributed by atoms with Crippen LogP contribution in [0.3, 0.4) is 0 Å². The highest BCUT2D eigenvalue weighted by atomic mass is 19.4. The Morgan fingerprint density at radius 1 is 1.19 bits per heavy atom. The summed E-state index contributed by atoms with van der Waals surface area (Å²) in [7, 11) is 0.